The molecular formula is C13H22N2O3S2. The van der Waals surface area contributed by atoms with Crippen molar-refractivity contribution in [3.05, 3.63) is 16.3 Å². The predicted molar refractivity (Wildman–Crippen MR) is 80.3 cm³/mol. The minimum absolute atomic E-state index is 0.0301. The van der Waals surface area contributed by atoms with Gasteiger partial charge in [-0.05, 0) is 39.4 Å². The first kappa shape index (κ1) is 15.9. The van der Waals surface area contributed by atoms with Gasteiger partial charge in [0.15, 0.2) is 0 Å². The lowest BCUT2D eigenvalue weighted by molar-refractivity contribution is 0.0455. The number of thiophene rings is 1. The molecule has 0 radical (unpaired) electrons. The molecule has 1 saturated carbocycles. The van der Waals surface area contributed by atoms with Crippen LogP contribution in [0.4, 0.5) is 0 Å². The lowest BCUT2D eigenvalue weighted by Gasteiger charge is -2.48. The maximum Gasteiger partial charge on any atom is 0.243 e. The summed E-state index contributed by atoms with van der Waals surface area (Å²) in [6, 6.07) is 1.56. The number of likely N-dealkylation sites (N-methyl/N-ethyl adjacent to an activating group) is 2. The summed E-state index contributed by atoms with van der Waals surface area (Å²) in [6.07, 6.45) is 3.22. The van der Waals surface area contributed by atoms with Crippen molar-refractivity contribution in [2.75, 3.05) is 27.7 Å². The average molecular weight is 318 g/mol. The van der Waals surface area contributed by atoms with Gasteiger partial charge in [0.2, 0.25) is 10.0 Å². The highest BCUT2D eigenvalue weighted by molar-refractivity contribution is 7.89. The topological polar surface area (TPSA) is 60.9 Å². The molecule has 0 unspecified atom stereocenters. The van der Waals surface area contributed by atoms with Crippen LogP contribution in [0, 0.1) is 0 Å². The molecule has 0 atom stereocenters. The molecule has 0 aromatic carbocycles. The Morgan fingerprint density at radius 1 is 1.35 bits per heavy atom. The smallest absolute Gasteiger partial charge is 0.243 e. The first-order chi connectivity index (χ1) is 9.32. The van der Waals surface area contributed by atoms with Gasteiger partial charge in [0.05, 0.1) is 11.5 Å². The number of sulfonamides is 1. The van der Waals surface area contributed by atoms with E-state index in [4.69, 9.17) is 5.11 Å². The van der Waals surface area contributed by atoms with Crippen molar-refractivity contribution >= 4 is 21.4 Å². The molecule has 1 aliphatic carbocycles. The molecule has 7 heteroatoms. The fraction of sp³-hybridized carbons (Fsp3) is 0.692. The lowest BCUT2D eigenvalue weighted by atomic mass is 9.75. The second-order valence-corrected chi connectivity index (χ2v) is 8.68. The van der Waals surface area contributed by atoms with E-state index in [1.165, 1.54) is 15.6 Å². The van der Waals surface area contributed by atoms with Crippen molar-refractivity contribution in [3.8, 4) is 0 Å². The SMILES string of the molecule is CN(C)C1(CN(C)S(=O)(=O)c2csc(CO)c2)CCC1. The summed E-state index contributed by atoms with van der Waals surface area (Å²) in [6.45, 7) is 0.387. The van der Waals surface area contributed by atoms with E-state index in [1.54, 1.807) is 18.5 Å². The summed E-state index contributed by atoms with van der Waals surface area (Å²) >= 11 is 1.27. The molecule has 5 nitrogen and oxygen atoms in total. The van der Waals surface area contributed by atoms with Gasteiger partial charge >= 0.3 is 0 Å². The second kappa shape index (κ2) is 5.73. The van der Waals surface area contributed by atoms with Crippen molar-refractivity contribution in [1.82, 2.24) is 9.21 Å². The second-order valence-electron chi connectivity index (χ2n) is 5.64. The average Bonchev–Trinajstić information content (AvgIpc) is 2.82. The standard InChI is InChI=1S/C13H22N2O3S2/c1-14(2)13(5-4-6-13)10-15(3)20(17,18)12-7-11(8-16)19-9-12/h7,9,16H,4-6,8,10H2,1-3H3. The maximum atomic E-state index is 12.5. The third-order valence-electron chi connectivity index (χ3n) is 4.24. The fourth-order valence-corrected chi connectivity index (χ4v) is 4.96. The third kappa shape index (κ3) is 2.78. The number of hydrogen-bond donors (Lipinski definition) is 1. The molecule has 2 rings (SSSR count). The summed E-state index contributed by atoms with van der Waals surface area (Å²) in [5.41, 5.74) is -0.0301. The van der Waals surface area contributed by atoms with Gasteiger partial charge in [0, 0.05) is 29.4 Å². The van der Waals surface area contributed by atoms with Gasteiger partial charge in [-0.25, -0.2) is 8.42 Å². The van der Waals surface area contributed by atoms with Crippen LogP contribution in [0.1, 0.15) is 24.1 Å². The van der Waals surface area contributed by atoms with Gasteiger partial charge in [0.25, 0.3) is 0 Å². The van der Waals surface area contributed by atoms with Crippen LogP contribution in [0.2, 0.25) is 0 Å². The minimum atomic E-state index is -3.47. The van der Waals surface area contributed by atoms with Crippen LogP contribution >= 0.6 is 11.3 Å². The number of nitrogens with zero attached hydrogens (tertiary/aromatic N) is 2. The highest BCUT2D eigenvalue weighted by Gasteiger charge is 2.42. The molecule has 1 N–H and O–H groups in total. The molecule has 0 bridgehead atoms. The largest absolute Gasteiger partial charge is 0.391 e. The molecule has 0 saturated heterocycles. The van der Waals surface area contributed by atoms with Crippen LogP contribution in [-0.4, -0.2) is 56.0 Å². The van der Waals surface area contributed by atoms with Gasteiger partial charge in [0.1, 0.15) is 0 Å². The Kier molecular flexibility index (Phi) is 4.56. The Labute approximate surface area is 124 Å². The number of aliphatic hydroxyl groups excluding tert-OH is 1. The summed E-state index contributed by atoms with van der Waals surface area (Å²) in [5, 5.41) is 10.7. The summed E-state index contributed by atoms with van der Waals surface area (Å²) < 4.78 is 26.5. The zero-order chi connectivity index (χ0) is 15.0. The zero-order valence-electron chi connectivity index (χ0n) is 12.2. The molecule has 1 aromatic rings. The summed E-state index contributed by atoms with van der Waals surface area (Å²) in [7, 11) is 2.18. The van der Waals surface area contributed by atoms with E-state index in [0.29, 0.717) is 11.4 Å². The summed E-state index contributed by atoms with van der Waals surface area (Å²) in [4.78, 5) is 3.08. The van der Waals surface area contributed by atoms with Crippen LogP contribution in [0.3, 0.4) is 0 Å². The molecule has 20 heavy (non-hydrogen) atoms. The van der Waals surface area contributed by atoms with E-state index in [2.05, 4.69) is 4.90 Å². The highest BCUT2D eigenvalue weighted by atomic mass is 32.2. The van der Waals surface area contributed by atoms with E-state index >= 15 is 0 Å². The van der Waals surface area contributed by atoms with E-state index in [9.17, 15) is 8.42 Å². The first-order valence-corrected chi connectivity index (χ1v) is 8.96. The van der Waals surface area contributed by atoms with Crippen molar-refractivity contribution in [3.63, 3.8) is 0 Å². The number of aliphatic hydroxyl groups is 1. The Hall–Kier alpha value is -0.470. The van der Waals surface area contributed by atoms with Gasteiger partial charge in [-0.3, -0.25) is 0 Å². The van der Waals surface area contributed by atoms with Crippen molar-refractivity contribution in [1.29, 1.82) is 0 Å². The van der Waals surface area contributed by atoms with Gasteiger partial charge < -0.3 is 10.0 Å². The molecular weight excluding hydrogens is 296 g/mol. The van der Waals surface area contributed by atoms with Crippen molar-refractivity contribution < 1.29 is 13.5 Å². The van der Waals surface area contributed by atoms with E-state index in [1.807, 2.05) is 14.1 Å². The number of rotatable bonds is 6. The van der Waals surface area contributed by atoms with Crippen LogP contribution < -0.4 is 0 Å². The predicted octanol–water partition coefficient (Wildman–Crippen LogP) is 1.35. The van der Waals surface area contributed by atoms with Crippen LogP contribution in [0.5, 0.6) is 0 Å². The van der Waals surface area contributed by atoms with Crippen molar-refractivity contribution in [2.45, 2.75) is 36.3 Å². The minimum Gasteiger partial charge on any atom is -0.391 e. The zero-order valence-corrected chi connectivity index (χ0v) is 13.8. The normalized spacial score (nSPS) is 18.5. The molecule has 0 spiro atoms. The monoisotopic (exact) mass is 318 g/mol. The molecule has 1 heterocycles. The fourth-order valence-electron chi connectivity index (χ4n) is 2.59. The maximum absolute atomic E-state index is 12.5. The van der Waals surface area contributed by atoms with Crippen molar-refractivity contribution in [2.24, 2.45) is 0 Å². The Balaban J connectivity index is 2.17. The molecule has 0 aliphatic heterocycles. The Morgan fingerprint density at radius 3 is 2.40 bits per heavy atom. The molecule has 1 aliphatic rings. The third-order valence-corrected chi connectivity index (χ3v) is 7.10. The van der Waals surface area contributed by atoms with Gasteiger partial charge in [-0.2, -0.15) is 4.31 Å². The van der Waals surface area contributed by atoms with E-state index in [-0.39, 0.29) is 17.0 Å². The Morgan fingerprint density at radius 2 is 2.00 bits per heavy atom. The first-order valence-electron chi connectivity index (χ1n) is 6.64. The van der Waals surface area contributed by atoms with Gasteiger partial charge in [-0.15, -0.1) is 11.3 Å². The van der Waals surface area contributed by atoms with Crippen LogP contribution in [0.15, 0.2) is 16.3 Å². The van der Waals surface area contributed by atoms with Crippen LogP contribution in [-0.2, 0) is 16.6 Å². The molecule has 1 aromatic heterocycles. The number of hydrogen-bond acceptors (Lipinski definition) is 5. The quantitative estimate of drug-likeness (QED) is 0.860. The van der Waals surface area contributed by atoms with Gasteiger partial charge in [-0.1, -0.05) is 0 Å². The van der Waals surface area contributed by atoms with Crippen LogP contribution in [0.25, 0.3) is 0 Å². The Bertz CT molecular complexity index is 562. The molecule has 0 amide bonds. The van der Waals surface area contributed by atoms with E-state index < -0.39 is 10.0 Å². The van der Waals surface area contributed by atoms with E-state index in [0.717, 1.165) is 19.3 Å². The highest BCUT2D eigenvalue weighted by Crippen LogP contribution is 2.37. The molecule has 1 fully saturated rings. The summed E-state index contributed by atoms with van der Waals surface area (Å²) in [5.74, 6) is 0. The lowest BCUT2D eigenvalue weighted by Crippen LogP contribution is -2.57. The molecule has 114 valence electrons.